The van der Waals surface area contributed by atoms with Crippen molar-refractivity contribution in [3.63, 3.8) is 0 Å². The van der Waals surface area contributed by atoms with Crippen LogP contribution >= 0.6 is 0 Å². The molecule has 2 aliphatic heterocycles. The van der Waals surface area contributed by atoms with E-state index < -0.39 is 18.2 Å². The number of piperazine rings is 1. The van der Waals surface area contributed by atoms with Gasteiger partial charge < -0.3 is 30.1 Å². The highest BCUT2D eigenvalue weighted by Gasteiger charge is 2.51. The number of aromatic nitrogens is 1. The van der Waals surface area contributed by atoms with Crippen molar-refractivity contribution in [3.05, 3.63) is 138 Å². The highest BCUT2D eigenvalue weighted by Crippen LogP contribution is 2.35. The number of aryl methyl sites for hydroxylation is 1. The van der Waals surface area contributed by atoms with E-state index >= 15 is 0 Å². The molecule has 3 heterocycles. The molecule has 0 radical (unpaired) electrons. The van der Waals surface area contributed by atoms with Gasteiger partial charge in [0.25, 0.3) is 5.91 Å². The number of hydrazine groups is 1. The van der Waals surface area contributed by atoms with Crippen molar-refractivity contribution in [2.75, 3.05) is 19.6 Å². The van der Waals surface area contributed by atoms with Crippen LogP contribution in [0.1, 0.15) is 39.9 Å². The number of nitrogens with zero attached hydrogens (tertiary/aromatic N) is 5. The lowest BCUT2D eigenvalue weighted by Crippen LogP contribution is -2.76. The Labute approximate surface area is 325 Å². The van der Waals surface area contributed by atoms with E-state index in [4.69, 9.17) is 0 Å². The fourth-order valence-corrected chi connectivity index (χ4v) is 7.99. The average molecular weight is 752 g/mol. The molecule has 1 aromatic heterocycles. The fourth-order valence-electron chi connectivity index (χ4n) is 7.99. The summed E-state index contributed by atoms with van der Waals surface area (Å²) >= 11 is 0. The summed E-state index contributed by atoms with van der Waals surface area (Å²) in [6.45, 7) is 4.62. The standard InChI is InChI=1S/C44H45N7O5/c1-3-21-49-28-40(53)50-38(22-29-15-19-35(52)20-16-29)43(55)48(27-39(50)51(49)44(56)45-24-30-9-5-4-6-10-30)25-33-13-8-14-36-37(26-47(2)41(33)36)31-11-7-12-32(23-31)42(54)46-34-17-18-34/h3-16,19-20,23,26,34,38-39,52H,1,17-18,21-22,24-25,27-28H2,2H3,(H,45,56)(H,46,54)/t38-,39-/m0/s1. The molecular weight excluding hydrogens is 707 g/mol. The van der Waals surface area contributed by atoms with E-state index in [1.807, 2.05) is 90.6 Å². The summed E-state index contributed by atoms with van der Waals surface area (Å²) in [6.07, 6.45) is 5.11. The van der Waals surface area contributed by atoms with Gasteiger partial charge in [0.1, 0.15) is 18.0 Å². The molecule has 0 spiro atoms. The summed E-state index contributed by atoms with van der Waals surface area (Å²) in [5.41, 5.74) is 6.01. The van der Waals surface area contributed by atoms with Gasteiger partial charge in [0.2, 0.25) is 11.8 Å². The highest BCUT2D eigenvalue weighted by molar-refractivity contribution is 6.01. The van der Waals surface area contributed by atoms with Gasteiger partial charge in [-0.05, 0) is 59.4 Å². The third-order valence-electron chi connectivity index (χ3n) is 10.8. The van der Waals surface area contributed by atoms with Crippen LogP contribution in [-0.4, -0.2) is 91.1 Å². The van der Waals surface area contributed by atoms with Crippen LogP contribution in [-0.2, 0) is 36.1 Å². The third kappa shape index (κ3) is 7.35. The van der Waals surface area contributed by atoms with Crippen molar-refractivity contribution in [2.24, 2.45) is 7.05 Å². The number of benzene rings is 4. The molecule has 1 aliphatic carbocycles. The van der Waals surface area contributed by atoms with E-state index in [2.05, 4.69) is 17.2 Å². The number of phenolic OH excluding ortho intramolecular Hbond substituents is 1. The summed E-state index contributed by atoms with van der Waals surface area (Å²) in [6, 6.07) is 28.8. The number of hydrogen-bond donors (Lipinski definition) is 3. The maximum atomic E-state index is 14.7. The largest absolute Gasteiger partial charge is 0.508 e. The van der Waals surface area contributed by atoms with Crippen LogP contribution in [0.15, 0.2) is 116 Å². The van der Waals surface area contributed by atoms with Gasteiger partial charge in [0.15, 0.2) is 0 Å². The zero-order valence-corrected chi connectivity index (χ0v) is 31.3. The summed E-state index contributed by atoms with van der Waals surface area (Å²) in [5, 5.41) is 20.3. The second-order valence-electron chi connectivity index (χ2n) is 14.8. The van der Waals surface area contributed by atoms with Gasteiger partial charge in [-0.3, -0.25) is 14.4 Å². The molecule has 2 atom stereocenters. The number of phenols is 1. The van der Waals surface area contributed by atoms with Gasteiger partial charge in [-0.1, -0.05) is 78.9 Å². The van der Waals surface area contributed by atoms with Gasteiger partial charge in [-0.15, -0.1) is 6.58 Å². The second-order valence-corrected chi connectivity index (χ2v) is 14.8. The number of hydrogen-bond acceptors (Lipinski definition) is 6. The summed E-state index contributed by atoms with van der Waals surface area (Å²) < 4.78 is 2.05. The van der Waals surface area contributed by atoms with E-state index in [0.717, 1.165) is 51.6 Å². The molecule has 3 N–H and O–H groups in total. The molecule has 3 aliphatic rings. The molecule has 12 nitrogen and oxygen atoms in total. The molecule has 286 valence electrons. The monoisotopic (exact) mass is 751 g/mol. The van der Waals surface area contributed by atoms with Crippen molar-refractivity contribution in [1.29, 1.82) is 0 Å². The predicted octanol–water partition coefficient (Wildman–Crippen LogP) is 5.18. The third-order valence-corrected chi connectivity index (χ3v) is 10.8. The molecule has 0 bridgehead atoms. The molecule has 2 saturated heterocycles. The number of fused-ring (bicyclic) bond motifs is 2. The average Bonchev–Trinajstić information content (AvgIpc) is 3.96. The highest BCUT2D eigenvalue weighted by atomic mass is 16.3. The lowest BCUT2D eigenvalue weighted by atomic mass is 9.97. The number of nitrogens with one attached hydrogen (secondary N) is 2. The number of aromatic hydroxyl groups is 1. The lowest BCUT2D eigenvalue weighted by Gasteiger charge is -2.55. The predicted molar refractivity (Wildman–Crippen MR) is 213 cm³/mol. The van der Waals surface area contributed by atoms with Crippen LogP contribution in [0.3, 0.4) is 0 Å². The first-order valence-corrected chi connectivity index (χ1v) is 19.0. The quantitative estimate of drug-likeness (QED) is 0.160. The summed E-state index contributed by atoms with van der Waals surface area (Å²) in [5.74, 6) is -0.472. The lowest BCUT2D eigenvalue weighted by molar-refractivity contribution is -0.189. The Bertz CT molecular complexity index is 2300. The Balaban J connectivity index is 1.14. The van der Waals surface area contributed by atoms with Crippen LogP contribution in [0.25, 0.3) is 22.0 Å². The maximum Gasteiger partial charge on any atom is 0.334 e. The van der Waals surface area contributed by atoms with Gasteiger partial charge >= 0.3 is 6.03 Å². The second kappa shape index (κ2) is 15.4. The van der Waals surface area contributed by atoms with E-state index in [1.165, 1.54) is 0 Å². The zero-order valence-electron chi connectivity index (χ0n) is 31.3. The molecule has 5 amide bonds. The number of urea groups is 1. The fraction of sp³-hybridized carbons (Fsp3) is 0.273. The van der Waals surface area contributed by atoms with Crippen molar-refractivity contribution >= 4 is 34.7 Å². The van der Waals surface area contributed by atoms with Gasteiger partial charge in [-0.25, -0.2) is 14.8 Å². The maximum absolute atomic E-state index is 14.7. The van der Waals surface area contributed by atoms with Crippen LogP contribution < -0.4 is 10.6 Å². The number of rotatable bonds is 11. The SMILES string of the molecule is C=CCN1CC(=O)N2[C@@H](Cc3ccc(O)cc3)C(=O)N(Cc3cccc4c(-c5cccc(C(=O)NC6CC6)c5)cn(C)c34)C[C@@H]2N1C(=O)NCc1ccccc1. The molecule has 12 heteroatoms. The van der Waals surface area contributed by atoms with Gasteiger partial charge in [-0.2, -0.15) is 0 Å². The first-order valence-electron chi connectivity index (χ1n) is 19.0. The minimum atomic E-state index is -0.909. The van der Waals surface area contributed by atoms with Crippen LogP contribution in [0.5, 0.6) is 5.75 Å². The van der Waals surface area contributed by atoms with Crippen molar-refractivity contribution in [2.45, 2.75) is 50.6 Å². The Kier molecular flexibility index (Phi) is 10.0. The van der Waals surface area contributed by atoms with Crippen molar-refractivity contribution in [1.82, 2.24) is 35.0 Å². The summed E-state index contributed by atoms with van der Waals surface area (Å²) in [4.78, 5) is 59.2. The molecule has 5 aromatic rings. The Morgan fingerprint density at radius 2 is 1.70 bits per heavy atom. The number of para-hydroxylation sites is 1. The van der Waals surface area contributed by atoms with Gasteiger partial charge in [0, 0.05) is 61.9 Å². The molecule has 1 saturated carbocycles. The van der Waals surface area contributed by atoms with Crippen LogP contribution in [0.2, 0.25) is 0 Å². The van der Waals surface area contributed by atoms with Crippen LogP contribution in [0, 0.1) is 0 Å². The number of amides is 5. The number of carbonyl (C=O) groups is 4. The molecule has 3 fully saturated rings. The van der Waals surface area contributed by atoms with Crippen molar-refractivity contribution < 1.29 is 24.3 Å². The van der Waals surface area contributed by atoms with E-state index in [9.17, 15) is 24.3 Å². The van der Waals surface area contributed by atoms with Crippen molar-refractivity contribution in [3.8, 4) is 16.9 Å². The first-order chi connectivity index (χ1) is 27.2. The van der Waals surface area contributed by atoms with E-state index in [0.29, 0.717) is 5.56 Å². The number of carbonyl (C=O) groups excluding carboxylic acids is 4. The molecule has 0 unspecified atom stereocenters. The molecule has 4 aromatic carbocycles. The normalized spacial score (nSPS) is 18.6. The molecular formula is C44H45N7O5. The Hall–Kier alpha value is -6.40. The minimum Gasteiger partial charge on any atom is -0.508 e. The Morgan fingerprint density at radius 1 is 0.929 bits per heavy atom. The van der Waals surface area contributed by atoms with E-state index in [1.54, 1.807) is 50.2 Å². The van der Waals surface area contributed by atoms with Gasteiger partial charge in [0.05, 0.1) is 18.6 Å². The Morgan fingerprint density at radius 3 is 2.45 bits per heavy atom. The molecule has 8 rings (SSSR count). The zero-order chi connectivity index (χ0) is 38.9. The van der Waals surface area contributed by atoms with E-state index in [-0.39, 0.29) is 68.7 Å². The first kappa shape index (κ1) is 36.6. The summed E-state index contributed by atoms with van der Waals surface area (Å²) in [7, 11) is 1.97. The molecule has 56 heavy (non-hydrogen) atoms. The van der Waals surface area contributed by atoms with Crippen LogP contribution in [0.4, 0.5) is 4.79 Å². The minimum absolute atomic E-state index is 0.0782. The smallest absolute Gasteiger partial charge is 0.334 e. The topological polar surface area (TPSA) is 130 Å².